The molecule has 0 saturated heterocycles. The van der Waals surface area contributed by atoms with Gasteiger partial charge in [-0.3, -0.25) is 40.7 Å². The van der Waals surface area contributed by atoms with Gasteiger partial charge in [0.25, 0.3) is 23.2 Å². The van der Waals surface area contributed by atoms with Crippen molar-refractivity contribution >= 4 is 65.8 Å². The lowest BCUT2D eigenvalue weighted by molar-refractivity contribution is -0.394. The number of ether oxygens (including phenoxy) is 1. The fraction of sp³-hybridized carbons (Fsp3) is 0.0526. The normalized spacial score (nSPS) is 10.4. The molecular formula is C19H12Br2N4O7. The van der Waals surface area contributed by atoms with E-state index in [-0.39, 0.29) is 5.56 Å². The number of fused-ring (bicyclic) bond motifs is 1. The number of hydrazine groups is 1. The molecule has 0 fully saturated rings. The van der Waals surface area contributed by atoms with Gasteiger partial charge in [0.1, 0.15) is 5.75 Å². The van der Waals surface area contributed by atoms with Crippen LogP contribution in [0.15, 0.2) is 57.5 Å². The molecule has 0 aliphatic carbocycles. The Bertz CT molecular complexity index is 1230. The van der Waals surface area contributed by atoms with E-state index in [0.29, 0.717) is 10.2 Å². The molecule has 0 atom stereocenters. The molecule has 164 valence electrons. The molecule has 2 N–H and O–H groups in total. The number of carbonyl (C=O) groups excluding carboxylic acids is 2. The van der Waals surface area contributed by atoms with Crippen molar-refractivity contribution in [3.8, 4) is 5.75 Å². The number of benzene rings is 3. The number of hydrogen-bond acceptors (Lipinski definition) is 7. The van der Waals surface area contributed by atoms with Crippen molar-refractivity contribution in [2.24, 2.45) is 0 Å². The fourth-order valence-electron chi connectivity index (χ4n) is 2.67. The van der Waals surface area contributed by atoms with Gasteiger partial charge in [0.15, 0.2) is 6.61 Å². The number of nitro benzene ring substituents is 2. The number of nitrogens with zero attached hydrogens (tertiary/aromatic N) is 2. The summed E-state index contributed by atoms with van der Waals surface area (Å²) in [6.45, 7) is -0.448. The first-order chi connectivity index (χ1) is 15.2. The molecule has 3 aromatic carbocycles. The van der Waals surface area contributed by atoms with E-state index in [4.69, 9.17) is 4.74 Å². The van der Waals surface area contributed by atoms with Gasteiger partial charge in [-0.15, -0.1) is 0 Å². The van der Waals surface area contributed by atoms with E-state index in [1.807, 2.05) is 29.7 Å². The Morgan fingerprint density at radius 1 is 0.906 bits per heavy atom. The molecule has 3 rings (SSSR count). The van der Waals surface area contributed by atoms with Crippen LogP contribution in [0.25, 0.3) is 10.8 Å². The fourth-order valence-corrected chi connectivity index (χ4v) is 3.66. The second kappa shape index (κ2) is 9.70. The van der Waals surface area contributed by atoms with Gasteiger partial charge in [0, 0.05) is 16.6 Å². The molecule has 0 unspecified atom stereocenters. The zero-order chi connectivity index (χ0) is 23.4. The highest BCUT2D eigenvalue weighted by Crippen LogP contribution is 2.34. The van der Waals surface area contributed by atoms with Crippen LogP contribution in [0.4, 0.5) is 11.4 Å². The van der Waals surface area contributed by atoms with Crippen molar-refractivity contribution in [1.29, 1.82) is 0 Å². The van der Waals surface area contributed by atoms with Gasteiger partial charge >= 0.3 is 0 Å². The van der Waals surface area contributed by atoms with E-state index >= 15 is 0 Å². The lowest BCUT2D eigenvalue weighted by Crippen LogP contribution is -2.43. The van der Waals surface area contributed by atoms with E-state index in [2.05, 4.69) is 37.3 Å². The van der Waals surface area contributed by atoms with Crippen molar-refractivity contribution in [3.05, 3.63) is 83.3 Å². The minimum Gasteiger partial charge on any atom is -0.483 e. The summed E-state index contributed by atoms with van der Waals surface area (Å²) in [5.41, 5.74) is 2.50. The summed E-state index contributed by atoms with van der Waals surface area (Å²) in [5.74, 6) is -1.29. The van der Waals surface area contributed by atoms with Gasteiger partial charge < -0.3 is 4.74 Å². The van der Waals surface area contributed by atoms with Crippen molar-refractivity contribution < 1.29 is 24.2 Å². The third-order valence-corrected chi connectivity index (χ3v) is 5.45. The number of carbonyl (C=O) groups is 2. The number of amides is 2. The first kappa shape index (κ1) is 23.1. The predicted molar refractivity (Wildman–Crippen MR) is 120 cm³/mol. The van der Waals surface area contributed by atoms with Crippen LogP contribution in [0, 0.1) is 20.2 Å². The van der Waals surface area contributed by atoms with Crippen LogP contribution in [0.1, 0.15) is 10.4 Å². The molecule has 0 bridgehead atoms. The van der Waals surface area contributed by atoms with Gasteiger partial charge in [0.05, 0.1) is 25.9 Å². The zero-order valence-corrected chi connectivity index (χ0v) is 19.0. The molecule has 13 heteroatoms. The van der Waals surface area contributed by atoms with Crippen molar-refractivity contribution in [3.63, 3.8) is 0 Å². The second-order valence-corrected chi connectivity index (χ2v) is 8.00. The smallest absolute Gasteiger partial charge is 0.277 e. The number of halogens is 2. The van der Waals surface area contributed by atoms with E-state index in [9.17, 15) is 29.8 Å². The van der Waals surface area contributed by atoms with Gasteiger partial charge in [0.2, 0.25) is 0 Å². The summed E-state index contributed by atoms with van der Waals surface area (Å²) in [4.78, 5) is 44.3. The highest BCUT2D eigenvalue weighted by molar-refractivity contribution is 9.11. The Morgan fingerprint density at radius 2 is 1.56 bits per heavy atom. The van der Waals surface area contributed by atoms with Crippen molar-refractivity contribution in [2.75, 3.05) is 6.61 Å². The highest BCUT2D eigenvalue weighted by Gasteiger charge is 2.20. The molecule has 0 saturated carbocycles. The van der Waals surface area contributed by atoms with Crippen LogP contribution in [0.2, 0.25) is 0 Å². The first-order valence-corrected chi connectivity index (χ1v) is 10.3. The van der Waals surface area contributed by atoms with E-state index in [1.165, 1.54) is 0 Å². The van der Waals surface area contributed by atoms with Crippen LogP contribution >= 0.6 is 31.9 Å². The standard InChI is InChI=1S/C19H12Br2N4O7/c20-12-2-3-15-10(5-12)1-4-16(18(15)21)32-9-17(26)22-23-19(27)11-6-13(24(28)29)8-14(7-11)25(30)31/h1-8H,9H2,(H,22,26)(H,23,27). The Hall–Kier alpha value is -3.58. The van der Waals surface area contributed by atoms with Crippen molar-refractivity contribution in [2.45, 2.75) is 0 Å². The summed E-state index contributed by atoms with van der Waals surface area (Å²) in [6.07, 6.45) is 0. The van der Waals surface area contributed by atoms with E-state index < -0.39 is 39.6 Å². The Kier molecular flexibility index (Phi) is 7.00. The molecule has 0 radical (unpaired) electrons. The average molecular weight is 568 g/mol. The summed E-state index contributed by atoms with van der Waals surface area (Å²) in [6, 6.07) is 11.6. The Morgan fingerprint density at radius 3 is 2.19 bits per heavy atom. The maximum atomic E-state index is 12.2. The first-order valence-electron chi connectivity index (χ1n) is 8.69. The topological polar surface area (TPSA) is 154 Å². The minimum atomic E-state index is -0.970. The molecule has 32 heavy (non-hydrogen) atoms. The number of nitrogens with one attached hydrogen (secondary N) is 2. The van der Waals surface area contributed by atoms with Gasteiger partial charge in [-0.1, -0.05) is 28.1 Å². The minimum absolute atomic E-state index is 0.365. The molecule has 3 aromatic rings. The maximum Gasteiger partial charge on any atom is 0.277 e. The quantitative estimate of drug-likeness (QED) is 0.337. The average Bonchev–Trinajstić information content (AvgIpc) is 2.76. The van der Waals surface area contributed by atoms with Crippen LogP contribution in [0.3, 0.4) is 0 Å². The highest BCUT2D eigenvalue weighted by atomic mass is 79.9. The number of rotatable bonds is 6. The summed E-state index contributed by atoms with van der Waals surface area (Å²) in [7, 11) is 0. The molecule has 0 aliphatic rings. The largest absolute Gasteiger partial charge is 0.483 e. The lowest BCUT2D eigenvalue weighted by Gasteiger charge is -2.11. The van der Waals surface area contributed by atoms with E-state index in [1.54, 1.807) is 6.07 Å². The van der Waals surface area contributed by atoms with Crippen LogP contribution in [-0.4, -0.2) is 28.3 Å². The monoisotopic (exact) mass is 566 g/mol. The number of hydrogen-bond donors (Lipinski definition) is 2. The van der Waals surface area contributed by atoms with E-state index in [0.717, 1.165) is 33.4 Å². The number of nitro groups is 2. The summed E-state index contributed by atoms with van der Waals surface area (Å²) < 4.78 is 7.03. The van der Waals surface area contributed by atoms with Crippen LogP contribution in [0.5, 0.6) is 5.75 Å². The van der Waals surface area contributed by atoms with Gasteiger partial charge in [-0.2, -0.15) is 0 Å². The SMILES string of the molecule is O=C(COc1ccc2cc(Br)ccc2c1Br)NNC(=O)c1cc([N+](=O)[O-])cc([N+](=O)[O-])c1. The Balaban J connectivity index is 1.63. The van der Waals surface area contributed by atoms with Crippen LogP contribution < -0.4 is 15.6 Å². The number of non-ortho nitro benzene ring substituents is 2. The predicted octanol–water partition coefficient (Wildman–Crippen LogP) is 4.02. The van der Waals surface area contributed by atoms with Gasteiger partial charge in [-0.05, 0) is 44.9 Å². The second-order valence-electron chi connectivity index (χ2n) is 6.29. The van der Waals surface area contributed by atoms with Crippen molar-refractivity contribution in [1.82, 2.24) is 10.9 Å². The zero-order valence-electron chi connectivity index (χ0n) is 15.8. The molecule has 0 aliphatic heterocycles. The molecule has 11 nitrogen and oxygen atoms in total. The Labute approximate surface area is 196 Å². The third kappa shape index (κ3) is 5.36. The molecule has 0 heterocycles. The molecule has 2 amide bonds. The summed E-state index contributed by atoms with van der Waals surface area (Å²) >= 11 is 6.83. The third-order valence-electron chi connectivity index (χ3n) is 4.14. The van der Waals surface area contributed by atoms with Gasteiger partial charge in [-0.25, -0.2) is 0 Å². The van der Waals surface area contributed by atoms with Crippen LogP contribution in [-0.2, 0) is 4.79 Å². The molecule has 0 aromatic heterocycles. The summed E-state index contributed by atoms with van der Waals surface area (Å²) in [5, 5.41) is 23.7. The maximum absolute atomic E-state index is 12.2. The molecule has 0 spiro atoms. The molecular weight excluding hydrogens is 556 g/mol. The lowest BCUT2D eigenvalue weighted by atomic mass is 10.1.